The van der Waals surface area contributed by atoms with E-state index in [9.17, 15) is 28.7 Å². The van der Waals surface area contributed by atoms with E-state index in [0.29, 0.717) is 11.2 Å². The zero-order valence-electron chi connectivity index (χ0n) is 20.8. The molecule has 1 fully saturated rings. The number of carbonyl (C=O) groups is 4. The van der Waals surface area contributed by atoms with Crippen LogP contribution in [0.1, 0.15) is 5.82 Å². The monoisotopic (exact) mass is 606 g/mol. The highest BCUT2D eigenvalue weighted by Crippen LogP contribution is 2.40. The van der Waals surface area contributed by atoms with Gasteiger partial charge >= 0.3 is 17.6 Å². The number of hydrogen-bond acceptors (Lipinski definition) is 12. The molecule has 5 rings (SSSR count). The van der Waals surface area contributed by atoms with E-state index in [-0.39, 0.29) is 34.8 Å². The lowest BCUT2D eigenvalue weighted by Gasteiger charge is -2.49. The number of primary amides is 1. The summed E-state index contributed by atoms with van der Waals surface area (Å²) < 4.78 is 19.6. The van der Waals surface area contributed by atoms with Gasteiger partial charge in [0.2, 0.25) is 11.5 Å². The number of urea groups is 1. The fourth-order valence-corrected chi connectivity index (χ4v) is 5.96. The molecule has 17 nitrogen and oxygen atoms in total. The van der Waals surface area contributed by atoms with E-state index in [4.69, 9.17) is 16.3 Å². The highest BCUT2D eigenvalue weighted by atomic mass is 32.2. The maximum absolute atomic E-state index is 13.1. The van der Waals surface area contributed by atoms with E-state index in [0.717, 1.165) is 16.4 Å². The molecule has 4 amide bonds. The summed E-state index contributed by atoms with van der Waals surface area (Å²) in [5, 5.41) is 22.1. The summed E-state index contributed by atoms with van der Waals surface area (Å²) in [6.07, 6.45) is 3.29. The normalized spacial score (nSPS) is 18.6. The number of aliphatic carboxylic acids is 1. The molecule has 5 heterocycles. The number of β-lactam (4-membered cyclic amide) rings is 1. The van der Waals surface area contributed by atoms with Crippen molar-refractivity contribution in [3.8, 4) is 0 Å². The molecule has 1 saturated heterocycles. The van der Waals surface area contributed by atoms with Crippen LogP contribution in [-0.2, 0) is 25.8 Å². The second kappa shape index (κ2) is 11.3. The van der Waals surface area contributed by atoms with Gasteiger partial charge in [0.1, 0.15) is 43.1 Å². The molecule has 7 N–H and O–H groups in total. The van der Waals surface area contributed by atoms with E-state index < -0.39 is 54.2 Å². The molecule has 2 atom stereocenters. The van der Waals surface area contributed by atoms with Crippen LogP contribution in [0, 0.1) is 0 Å². The summed E-state index contributed by atoms with van der Waals surface area (Å²) in [5.41, 5.74) is 11.2. The number of alkyl halides is 1. The summed E-state index contributed by atoms with van der Waals surface area (Å²) in [7, 11) is 0. The number of fused-ring (bicyclic) bond motifs is 2. The molecule has 2 aliphatic heterocycles. The number of nitrogen functional groups attached to an aromatic ring is 1. The van der Waals surface area contributed by atoms with Crippen LogP contribution in [0.5, 0.6) is 0 Å². The molecule has 0 bridgehead atoms. The number of nitrogens with zero attached hydrogens (tertiary/aromatic N) is 7. The predicted octanol–water partition coefficient (Wildman–Crippen LogP) is -1.32. The molecule has 0 aliphatic carbocycles. The molecule has 0 aromatic carbocycles. The molecule has 2 aliphatic rings. The highest BCUT2D eigenvalue weighted by molar-refractivity contribution is 8.00. The topological polar surface area (TPSA) is 236 Å². The molecule has 20 heteroatoms. The first kappa shape index (κ1) is 27.7. The number of anilines is 2. The Balaban J connectivity index is 1.35. The van der Waals surface area contributed by atoms with Gasteiger partial charge in [0.25, 0.3) is 11.8 Å². The fraction of sp³-hybridized carbons (Fsp3) is 0.286. The Hall–Kier alpha value is -4.85. The third-order valence-corrected chi connectivity index (χ3v) is 7.75. The molecule has 0 radical (unpaired) electrons. The molecule has 3 aromatic heterocycles. The van der Waals surface area contributed by atoms with Crippen molar-refractivity contribution < 1.29 is 38.1 Å². The number of halogens is 1. The Morgan fingerprint density at radius 2 is 2.15 bits per heavy atom. The minimum Gasteiger partial charge on any atom is -0.477 e. The maximum Gasteiger partial charge on any atom is 0.352 e. The summed E-state index contributed by atoms with van der Waals surface area (Å²) in [4.78, 5) is 59.3. The summed E-state index contributed by atoms with van der Waals surface area (Å²) in [5.74, 6) is -2.52. The number of carbonyl (C=O) groups excluding carboxylic acids is 3. The first-order valence-corrected chi connectivity index (χ1v) is 13.5. The first-order valence-electron chi connectivity index (χ1n) is 11.7. The van der Waals surface area contributed by atoms with E-state index in [1.807, 2.05) is 0 Å². The molecule has 0 spiro atoms. The van der Waals surface area contributed by atoms with Crippen molar-refractivity contribution >= 4 is 69.4 Å². The van der Waals surface area contributed by atoms with Crippen molar-refractivity contribution in [1.29, 1.82) is 0 Å². The second-order valence-electron chi connectivity index (χ2n) is 8.47. The fourth-order valence-electron chi connectivity index (χ4n) is 4.19. The number of carboxylic acids is 1. The number of aromatic nitrogens is 5. The zero-order valence-corrected chi connectivity index (χ0v) is 22.4. The molecule has 0 saturated carbocycles. The number of imidazole rings is 1. The number of thioether (sulfide) groups is 1. The average molecular weight is 607 g/mol. The van der Waals surface area contributed by atoms with Crippen molar-refractivity contribution in [2.75, 3.05) is 30.1 Å². The molecule has 0 unspecified atom stereocenters. The van der Waals surface area contributed by atoms with E-state index in [1.165, 1.54) is 22.3 Å². The Morgan fingerprint density at radius 1 is 1.34 bits per heavy atom. The molecular formula is C21H21FN11O6S2+. The van der Waals surface area contributed by atoms with Gasteiger partial charge < -0.3 is 26.7 Å². The largest absolute Gasteiger partial charge is 0.477 e. The van der Waals surface area contributed by atoms with Crippen molar-refractivity contribution in [2.24, 2.45) is 10.9 Å². The van der Waals surface area contributed by atoms with Gasteiger partial charge in [-0.2, -0.15) is 9.36 Å². The highest BCUT2D eigenvalue weighted by Gasteiger charge is 2.54. The zero-order chi connectivity index (χ0) is 29.3. The minimum absolute atomic E-state index is 0.0518. The lowest BCUT2D eigenvalue weighted by Crippen LogP contribution is -2.71. The number of carboxylic acid groups (broad SMARTS) is 1. The van der Waals surface area contributed by atoms with E-state index in [1.54, 1.807) is 23.0 Å². The van der Waals surface area contributed by atoms with Crippen LogP contribution >= 0.6 is 23.3 Å². The summed E-state index contributed by atoms with van der Waals surface area (Å²) in [6, 6.07) is 1.36. The number of amides is 4. The van der Waals surface area contributed by atoms with Gasteiger partial charge in [0.15, 0.2) is 17.1 Å². The number of nitrogens with one attached hydrogen (secondary N) is 2. The molecule has 41 heavy (non-hydrogen) atoms. The Kier molecular flexibility index (Phi) is 7.66. The standard InChI is InChI=1S/C21H20FN11O6S2/c22-3-6-39-29-12(15-27-21(24)41-30-15)16(34)26-13-17(35)33-14(19(36)37)9(8-40-18(13)33)7-31-4-5-32-11(31)2-1-10(28-32)25-20(23)38/h1-2,4-5,13,18H,3,6-8H2,(H6-,23,24,25,26,27,28,30,34,36,37,38)/p+1/b29-12-/t13-,18-/m1/s1. The summed E-state index contributed by atoms with van der Waals surface area (Å²) in [6.45, 7) is -1.15. The molecule has 214 valence electrons. The van der Waals surface area contributed by atoms with Gasteiger partial charge in [-0.15, -0.1) is 11.8 Å². The van der Waals surface area contributed by atoms with Gasteiger partial charge in [-0.3, -0.25) is 19.8 Å². The predicted molar refractivity (Wildman–Crippen MR) is 141 cm³/mol. The van der Waals surface area contributed by atoms with Gasteiger partial charge in [0.05, 0.1) is 0 Å². The van der Waals surface area contributed by atoms with Crippen LogP contribution in [0.2, 0.25) is 0 Å². The average Bonchev–Trinajstić information content (AvgIpc) is 3.54. The lowest BCUT2D eigenvalue weighted by molar-refractivity contribution is -0.662. The van der Waals surface area contributed by atoms with Crippen molar-refractivity contribution in [3.63, 3.8) is 0 Å². The van der Waals surface area contributed by atoms with Gasteiger partial charge in [-0.05, 0) is 6.07 Å². The van der Waals surface area contributed by atoms with E-state index >= 15 is 0 Å². The van der Waals surface area contributed by atoms with Crippen LogP contribution in [0.25, 0.3) is 5.65 Å². The van der Waals surface area contributed by atoms with Gasteiger partial charge in [-0.1, -0.05) is 14.8 Å². The lowest BCUT2D eigenvalue weighted by atomic mass is 10.0. The van der Waals surface area contributed by atoms with Crippen LogP contribution in [0.3, 0.4) is 0 Å². The maximum atomic E-state index is 13.1. The van der Waals surface area contributed by atoms with Crippen LogP contribution in [-0.4, -0.2) is 89.0 Å². The quantitative estimate of drug-likeness (QED) is 0.0596. The first-order chi connectivity index (χ1) is 19.7. The Labute approximate surface area is 237 Å². The number of rotatable bonds is 10. The van der Waals surface area contributed by atoms with Crippen LogP contribution in [0.15, 0.2) is 41.0 Å². The SMILES string of the molecule is NC(=O)Nc1ccc2n(cc[n+]2CC2=C(C(=O)O)N3C(=O)[C@@H](NC(=O)/C(=N\OCCF)c4nsc(N)n4)[C@H]3SC2)n1. The van der Waals surface area contributed by atoms with Crippen molar-refractivity contribution in [1.82, 2.24) is 29.2 Å². The van der Waals surface area contributed by atoms with Gasteiger partial charge in [0, 0.05) is 28.9 Å². The number of oxime groups is 1. The summed E-state index contributed by atoms with van der Waals surface area (Å²) >= 11 is 2.07. The van der Waals surface area contributed by atoms with Crippen LogP contribution < -0.4 is 26.7 Å². The molecular weight excluding hydrogens is 585 g/mol. The Bertz CT molecular complexity index is 1620. The number of hydrogen-bond donors (Lipinski definition) is 5. The van der Waals surface area contributed by atoms with Gasteiger partial charge in [-0.25, -0.2) is 18.5 Å². The van der Waals surface area contributed by atoms with E-state index in [2.05, 4.69) is 30.2 Å². The number of nitrogens with two attached hydrogens (primary N) is 2. The third kappa shape index (κ3) is 5.45. The third-order valence-electron chi connectivity index (χ3n) is 5.86. The second-order valence-corrected chi connectivity index (χ2v) is 10.4. The minimum atomic E-state index is -1.30. The van der Waals surface area contributed by atoms with Crippen LogP contribution in [0.4, 0.5) is 20.1 Å². The van der Waals surface area contributed by atoms with Crippen molar-refractivity contribution in [2.45, 2.75) is 18.0 Å². The smallest absolute Gasteiger partial charge is 0.352 e. The van der Waals surface area contributed by atoms with Crippen molar-refractivity contribution in [3.05, 3.63) is 41.6 Å². The Morgan fingerprint density at radius 3 is 2.83 bits per heavy atom. The molecule has 3 aromatic rings.